The number of fused-ring (bicyclic) bond motifs is 2. The number of rotatable bonds is 1. The third-order valence-electron chi connectivity index (χ3n) is 3.25. The molecule has 0 bridgehead atoms. The van der Waals surface area contributed by atoms with E-state index in [9.17, 15) is 4.79 Å². The number of aromatic nitrogens is 4. The third kappa shape index (κ3) is 3.55. The van der Waals surface area contributed by atoms with Gasteiger partial charge in [-0.15, -0.1) is 0 Å². The van der Waals surface area contributed by atoms with E-state index in [2.05, 4.69) is 46.7 Å². The Bertz CT molecular complexity index is 1130. The highest BCUT2D eigenvalue weighted by Crippen LogP contribution is 2.18. The summed E-state index contributed by atoms with van der Waals surface area (Å²) in [5, 5.41) is 8.79. The van der Waals surface area contributed by atoms with E-state index in [4.69, 9.17) is 11.7 Å². The van der Waals surface area contributed by atoms with Gasteiger partial charge in [0.25, 0.3) is 5.82 Å². The average Bonchev–Trinajstić information content (AvgIpc) is 3.18. The number of aromatic carboxylic acids is 1. The van der Waals surface area contributed by atoms with Crippen LogP contribution in [0.3, 0.4) is 0 Å². The number of hydrogen-bond acceptors (Lipinski definition) is 3. The molecule has 9 heteroatoms. The summed E-state index contributed by atoms with van der Waals surface area (Å²) in [5.74, 6) is -0.447. The molecule has 124 valence electrons. The molecule has 0 amide bonds. The minimum atomic E-state index is -0.981. The SMILES string of the molecule is O=C(O)c1cnc2ccc(Br)cn12.[C-]#[N+]c1cnc2ccc(Br)cn12. The van der Waals surface area contributed by atoms with E-state index in [0.29, 0.717) is 11.5 Å². The van der Waals surface area contributed by atoms with E-state index in [1.165, 1.54) is 10.6 Å². The second-order valence-electron chi connectivity index (χ2n) is 4.83. The molecular weight excluding hydrogens is 454 g/mol. The van der Waals surface area contributed by atoms with Gasteiger partial charge in [0.2, 0.25) is 5.65 Å². The number of carboxylic acids is 1. The lowest BCUT2D eigenvalue weighted by molar-refractivity contribution is 0.0689. The number of imidazole rings is 2. The topological polar surface area (TPSA) is 76.3 Å². The predicted octanol–water partition coefficient (Wildman–Crippen LogP) is 4.44. The van der Waals surface area contributed by atoms with Crippen LogP contribution in [0.25, 0.3) is 16.1 Å². The van der Waals surface area contributed by atoms with Gasteiger partial charge in [0, 0.05) is 16.7 Å². The van der Waals surface area contributed by atoms with Crippen LogP contribution in [0.4, 0.5) is 5.82 Å². The Balaban J connectivity index is 0.000000146. The highest BCUT2D eigenvalue weighted by atomic mass is 79.9. The number of halogens is 2. The molecule has 1 N–H and O–H groups in total. The van der Waals surface area contributed by atoms with Crippen LogP contribution >= 0.6 is 31.9 Å². The first kappa shape index (κ1) is 17.1. The maximum atomic E-state index is 10.7. The van der Waals surface area contributed by atoms with Gasteiger partial charge in [0.1, 0.15) is 5.65 Å². The lowest BCUT2D eigenvalue weighted by Gasteiger charge is -1.96. The number of carboxylic acid groups (broad SMARTS) is 1. The van der Waals surface area contributed by atoms with Gasteiger partial charge in [-0.3, -0.25) is 4.40 Å². The highest BCUT2D eigenvalue weighted by molar-refractivity contribution is 9.10. The van der Waals surface area contributed by atoms with Crippen molar-refractivity contribution in [3.63, 3.8) is 0 Å². The monoisotopic (exact) mass is 461 g/mol. The van der Waals surface area contributed by atoms with Gasteiger partial charge >= 0.3 is 5.97 Å². The van der Waals surface area contributed by atoms with Gasteiger partial charge in [0.05, 0.1) is 23.1 Å². The minimum absolute atomic E-state index is 0.163. The molecule has 0 aromatic carbocycles. The van der Waals surface area contributed by atoms with Crippen LogP contribution < -0.4 is 0 Å². The highest BCUT2D eigenvalue weighted by Gasteiger charge is 2.09. The largest absolute Gasteiger partial charge is 0.477 e. The smallest absolute Gasteiger partial charge is 0.354 e. The van der Waals surface area contributed by atoms with E-state index in [1.54, 1.807) is 22.9 Å². The zero-order valence-electron chi connectivity index (χ0n) is 12.5. The quantitative estimate of drug-likeness (QED) is 0.424. The molecule has 0 aliphatic carbocycles. The first-order valence-corrected chi connectivity index (χ1v) is 8.44. The summed E-state index contributed by atoms with van der Waals surface area (Å²) >= 11 is 6.59. The molecule has 4 rings (SSSR count). The Morgan fingerprint density at radius 2 is 1.56 bits per heavy atom. The summed E-state index contributed by atoms with van der Waals surface area (Å²) in [4.78, 5) is 22.0. The molecule has 7 nitrogen and oxygen atoms in total. The van der Waals surface area contributed by atoms with Crippen molar-refractivity contribution in [1.82, 2.24) is 18.8 Å². The van der Waals surface area contributed by atoms with Gasteiger partial charge < -0.3 is 9.95 Å². The molecule has 0 spiro atoms. The number of nitrogens with zero attached hydrogens (tertiary/aromatic N) is 5. The van der Waals surface area contributed by atoms with Crippen molar-refractivity contribution in [3.05, 3.63) is 75.1 Å². The van der Waals surface area contributed by atoms with E-state index in [0.717, 1.165) is 14.6 Å². The molecular formula is C16H9Br2N5O2. The molecule has 25 heavy (non-hydrogen) atoms. The average molecular weight is 463 g/mol. The summed E-state index contributed by atoms with van der Waals surface area (Å²) < 4.78 is 5.03. The Morgan fingerprint density at radius 3 is 2.16 bits per heavy atom. The molecule has 0 saturated carbocycles. The summed E-state index contributed by atoms with van der Waals surface area (Å²) in [7, 11) is 0. The second-order valence-corrected chi connectivity index (χ2v) is 6.66. The van der Waals surface area contributed by atoms with Crippen LogP contribution in [0.5, 0.6) is 0 Å². The zero-order chi connectivity index (χ0) is 18.0. The van der Waals surface area contributed by atoms with Crippen molar-refractivity contribution in [1.29, 1.82) is 0 Å². The zero-order valence-corrected chi connectivity index (χ0v) is 15.6. The molecule has 0 fully saturated rings. The first-order chi connectivity index (χ1) is 12.0. The Kier molecular flexibility index (Phi) is 4.83. The van der Waals surface area contributed by atoms with Gasteiger partial charge in [-0.05, 0) is 50.1 Å². The maximum absolute atomic E-state index is 10.7. The van der Waals surface area contributed by atoms with Crippen molar-refractivity contribution in [3.8, 4) is 0 Å². The van der Waals surface area contributed by atoms with Crippen molar-refractivity contribution in [2.45, 2.75) is 0 Å². The first-order valence-electron chi connectivity index (χ1n) is 6.85. The number of hydrogen-bond donors (Lipinski definition) is 1. The van der Waals surface area contributed by atoms with Crippen LogP contribution in [0.2, 0.25) is 0 Å². The standard InChI is InChI=1S/C8H4BrN3.C8H5BrN2O2/c1-10-8-4-11-7-3-2-6(9)5-12(7)8;9-5-1-2-7-10-3-6(8(12)13)11(7)4-5/h2-5H;1-4H,(H,12,13). The molecule has 4 aromatic rings. The van der Waals surface area contributed by atoms with Crippen molar-refractivity contribution in [2.75, 3.05) is 0 Å². The summed E-state index contributed by atoms with van der Waals surface area (Å²) in [5.41, 5.74) is 1.58. The van der Waals surface area contributed by atoms with Gasteiger partial charge in [-0.25, -0.2) is 19.2 Å². The van der Waals surface area contributed by atoms with Gasteiger partial charge in [-0.1, -0.05) is 6.57 Å². The van der Waals surface area contributed by atoms with Crippen LogP contribution in [0, 0.1) is 6.57 Å². The third-order valence-corrected chi connectivity index (χ3v) is 4.19. The second kappa shape index (κ2) is 7.04. The Hall–Kier alpha value is -2.70. The minimum Gasteiger partial charge on any atom is -0.477 e. The van der Waals surface area contributed by atoms with Crippen molar-refractivity contribution in [2.24, 2.45) is 0 Å². The molecule has 4 aromatic heterocycles. The molecule has 0 aliphatic heterocycles. The lowest BCUT2D eigenvalue weighted by atomic mass is 10.4. The van der Waals surface area contributed by atoms with Crippen LogP contribution in [0.15, 0.2) is 58.0 Å². The van der Waals surface area contributed by atoms with Gasteiger partial charge in [-0.2, -0.15) is 0 Å². The van der Waals surface area contributed by atoms with E-state index in [1.807, 2.05) is 24.4 Å². The summed E-state index contributed by atoms with van der Waals surface area (Å²) in [6.07, 6.45) is 6.40. The van der Waals surface area contributed by atoms with Crippen LogP contribution in [-0.4, -0.2) is 29.8 Å². The Labute approximate surface area is 158 Å². The normalized spacial score (nSPS) is 10.3. The van der Waals surface area contributed by atoms with Crippen LogP contribution in [0.1, 0.15) is 10.5 Å². The number of carbonyl (C=O) groups is 1. The predicted molar refractivity (Wildman–Crippen MR) is 99.0 cm³/mol. The summed E-state index contributed by atoms with van der Waals surface area (Å²) in [6, 6.07) is 7.32. The fraction of sp³-hybridized carbons (Fsp3) is 0. The van der Waals surface area contributed by atoms with Crippen molar-refractivity contribution < 1.29 is 9.90 Å². The van der Waals surface area contributed by atoms with E-state index >= 15 is 0 Å². The molecule has 0 radical (unpaired) electrons. The van der Waals surface area contributed by atoms with E-state index in [-0.39, 0.29) is 5.69 Å². The van der Waals surface area contributed by atoms with Crippen LogP contribution in [-0.2, 0) is 0 Å². The molecule has 0 aliphatic rings. The fourth-order valence-electron chi connectivity index (χ4n) is 2.14. The molecule has 0 saturated heterocycles. The fourth-order valence-corrected chi connectivity index (χ4v) is 2.81. The number of pyridine rings is 2. The molecule has 0 unspecified atom stereocenters. The molecule has 0 atom stereocenters. The van der Waals surface area contributed by atoms with Crippen molar-refractivity contribution >= 4 is 54.9 Å². The Morgan fingerprint density at radius 1 is 1.00 bits per heavy atom. The maximum Gasteiger partial charge on any atom is 0.354 e. The van der Waals surface area contributed by atoms with Gasteiger partial charge in [0.15, 0.2) is 5.69 Å². The lowest BCUT2D eigenvalue weighted by Crippen LogP contribution is -2.00. The molecule has 4 heterocycles. The summed E-state index contributed by atoms with van der Waals surface area (Å²) in [6.45, 7) is 6.86. The van der Waals surface area contributed by atoms with E-state index < -0.39 is 5.97 Å².